The Balaban J connectivity index is 2.23. The highest BCUT2D eigenvalue weighted by Crippen LogP contribution is 2.27. The van der Waals surface area contributed by atoms with Crippen molar-refractivity contribution < 1.29 is 13.9 Å². The van der Waals surface area contributed by atoms with Gasteiger partial charge in [-0.05, 0) is 31.0 Å². The number of piperazine rings is 1. The average molecular weight is 294 g/mol. The van der Waals surface area contributed by atoms with E-state index in [9.17, 15) is 9.18 Å². The molecular formula is C16H23FN2O2. The van der Waals surface area contributed by atoms with Crippen molar-refractivity contribution >= 4 is 5.97 Å². The number of esters is 1. The molecule has 1 aliphatic heterocycles. The van der Waals surface area contributed by atoms with Gasteiger partial charge in [-0.2, -0.15) is 0 Å². The number of ether oxygens (including phenoxy) is 1. The molecule has 1 aromatic carbocycles. The van der Waals surface area contributed by atoms with Crippen molar-refractivity contribution in [2.75, 3.05) is 26.2 Å². The standard InChI is InChI=1S/C16H23FN2O2/c1-3-14(12-6-5-7-13(17)10-12)19-9-8-18-11-15(19)16(20)21-4-2/h5-7,10,14-15,18H,3-4,8-9,11H2,1-2H3. The number of benzene rings is 1. The van der Waals surface area contributed by atoms with Crippen molar-refractivity contribution in [3.05, 3.63) is 35.6 Å². The summed E-state index contributed by atoms with van der Waals surface area (Å²) in [5, 5.41) is 3.23. The fraction of sp³-hybridized carbons (Fsp3) is 0.562. The van der Waals surface area contributed by atoms with Crippen molar-refractivity contribution in [3.8, 4) is 0 Å². The van der Waals surface area contributed by atoms with Crippen LogP contribution in [0, 0.1) is 5.82 Å². The molecular weight excluding hydrogens is 271 g/mol. The van der Waals surface area contributed by atoms with Crippen molar-refractivity contribution in [2.45, 2.75) is 32.4 Å². The lowest BCUT2D eigenvalue weighted by atomic mass is 9.99. The molecule has 2 atom stereocenters. The molecule has 0 saturated carbocycles. The Kier molecular flexibility index (Phi) is 5.70. The van der Waals surface area contributed by atoms with E-state index in [-0.39, 0.29) is 23.9 Å². The molecule has 2 rings (SSSR count). The maximum Gasteiger partial charge on any atom is 0.324 e. The molecule has 1 N–H and O–H groups in total. The van der Waals surface area contributed by atoms with E-state index in [1.807, 2.05) is 13.0 Å². The molecule has 0 aromatic heterocycles. The minimum absolute atomic E-state index is 0.0252. The smallest absolute Gasteiger partial charge is 0.324 e. The van der Waals surface area contributed by atoms with E-state index in [4.69, 9.17) is 4.74 Å². The average Bonchev–Trinajstić information content (AvgIpc) is 2.49. The number of hydrogen-bond acceptors (Lipinski definition) is 4. The van der Waals surface area contributed by atoms with Crippen LogP contribution in [-0.4, -0.2) is 43.2 Å². The van der Waals surface area contributed by atoms with Gasteiger partial charge >= 0.3 is 5.97 Å². The summed E-state index contributed by atoms with van der Waals surface area (Å²) in [5.74, 6) is -0.451. The second kappa shape index (κ2) is 7.52. The van der Waals surface area contributed by atoms with Crippen LogP contribution in [-0.2, 0) is 9.53 Å². The van der Waals surface area contributed by atoms with Crippen LogP contribution in [0.3, 0.4) is 0 Å². The van der Waals surface area contributed by atoms with Gasteiger partial charge < -0.3 is 10.1 Å². The minimum atomic E-state index is -0.313. The molecule has 1 fully saturated rings. The van der Waals surface area contributed by atoms with Crippen molar-refractivity contribution in [2.24, 2.45) is 0 Å². The highest BCUT2D eigenvalue weighted by atomic mass is 19.1. The van der Waals surface area contributed by atoms with Crippen molar-refractivity contribution in [1.29, 1.82) is 0 Å². The fourth-order valence-corrected chi connectivity index (χ4v) is 2.93. The summed E-state index contributed by atoms with van der Waals surface area (Å²) in [6.07, 6.45) is 0.819. The lowest BCUT2D eigenvalue weighted by molar-refractivity contribution is -0.151. The van der Waals surface area contributed by atoms with Gasteiger partial charge in [0, 0.05) is 25.7 Å². The SMILES string of the molecule is CCOC(=O)C1CNCCN1C(CC)c1cccc(F)c1. The van der Waals surface area contributed by atoms with Gasteiger partial charge in [-0.15, -0.1) is 0 Å². The van der Waals surface area contributed by atoms with E-state index in [1.165, 1.54) is 6.07 Å². The van der Waals surface area contributed by atoms with Crippen LogP contribution in [0.15, 0.2) is 24.3 Å². The number of rotatable bonds is 5. The van der Waals surface area contributed by atoms with Crippen LogP contribution in [0.4, 0.5) is 4.39 Å². The second-order valence-corrected chi connectivity index (χ2v) is 5.19. The summed E-state index contributed by atoms with van der Waals surface area (Å²) < 4.78 is 18.7. The van der Waals surface area contributed by atoms with Gasteiger partial charge in [-0.1, -0.05) is 19.1 Å². The predicted molar refractivity (Wildman–Crippen MR) is 79.4 cm³/mol. The normalized spacial score (nSPS) is 21.0. The molecule has 2 unspecified atom stereocenters. The van der Waals surface area contributed by atoms with Crippen LogP contribution in [0.2, 0.25) is 0 Å². The topological polar surface area (TPSA) is 41.6 Å². The van der Waals surface area contributed by atoms with Gasteiger partial charge in [-0.3, -0.25) is 9.69 Å². The molecule has 1 heterocycles. The first-order valence-corrected chi connectivity index (χ1v) is 7.56. The molecule has 1 aliphatic rings. The molecule has 1 aromatic rings. The monoisotopic (exact) mass is 294 g/mol. The Morgan fingerprint density at radius 1 is 1.52 bits per heavy atom. The first-order chi connectivity index (χ1) is 10.2. The van der Waals surface area contributed by atoms with E-state index in [0.717, 1.165) is 25.1 Å². The molecule has 1 saturated heterocycles. The van der Waals surface area contributed by atoms with E-state index < -0.39 is 0 Å². The molecule has 0 spiro atoms. The first-order valence-electron chi connectivity index (χ1n) is 7.56. The minimum Gasteiger partial charge on any atom is -0.465 e. The van der Waals surface area contributed by atoms with Crippen LogP contribution in [0.5, 0.6) is 0 Å². The van der Waals surface area contributed by atoms with Gasteiger partial charge in [0.2, 0.25) is 0 Å². The van der Waals surface area contributed by atoms with Gasteiger partial charge in [0.15, 0.2) is 0 Å². The number of hydrogen-bond donors (Lipinski definition) is 1. The fourth-order valence-electron chi connectivity index (χ4n) is 2.93. The summed E-state index contributed by atoms with van der Waals surface area (Å²) in [5.41, 5.74) is 0.911. The molecule has 0 aliphatic carbocycles. The van der Waals surface area contributed by atoms with Crippen LogP contribution < -0.4 is 5.32 Å². The third kappa shape index (κ3) is 3.80. The van der Waals surface area contributed by atoms with Crippen molar-refractivity contribution in [1.82, 2.24) is 10.2 Å². The summed E-state index contributed by atoms with van der Waals surface area (Å²) in [6.45, 7) is 6.38. The summed E-state index contributed by atoms with van der Waals surface area (Å²) >= 11 is 0. The number of nitrogens with one attached hydrogen (secondary N) is 1. The maximum absolute atomic E-state index is 13.5. The highest BCUT2D eigenvalue weighted by molar-refractivity contribution is 5.76. The quantitative estimate of drug-likeness (QED) is 0.845. The largest absolute Gasteiger partial charge is 0.465 e. The van der Waals surface area contributed by atoms with E-state index in [1.54, 1.807) is 12.1 Å². The van der Waals surface area contributed by atoms with Gasteiger partial charge in [0.05, 0.1) is 6.61 Å². The Morgan fingerprint density at radius 3 is 3.00 bits per heavy atom. The Hall–Kier alpha value is -1.46. The van der Waals surface area contributed by atoms with Gasteiger partial charge in [-0.25, -0.2) is 4.39 Å². The van der Waals surface area contributed by atoms with Crippen LogP contribution in [0.25, 0.3) is 0 Å². The summed E-state index contributed by atoms with van der Waals surface area (Å²) in [7, 11) is 0. The molecule has 116 valence electrons. The second-order valence-electron chi connectivity index (χ2n) is 5.19. The zero-order valence-corrected chi connectivity index (χ0v) is 12.6. The van der Waals surface area contributed by atoms with Crippen LogP contribution >= 0.6 is 0 Å². The summed E-state index contributed by atoms with van der Waals surface area (Å²) in [6, 6.07) is 6.34. The third-order valence-corrected chi connectivity index (χ3v) is 3.86. The molecule has 4 nitrogen and oxygen atoms in total. The van der Waals surface area contributed by atoms with Gasteiger partial charge in [0.25, 0.3) is 0 Å². The number of carbonyl (C=O) groups is 1. The number of carbonyl (C=O) groups excluding carboxylic acids is 1. The third-order valence-electron chi connectivity index (χ3n) is 3.86. The Bertz CT molecular complexity index is 481. The molecule has 0 radical (unpaired) electrons. The van der Waals surface area contributed by atoms with Crippen LogP contribution in [0.1, 0.15) is 31.9 Å². The first kappa shape index (κ1) is 15.9. The van der Waals surface area contributed by atoms with Gasteiger partial charge in [0.1, 0.15) is 11.9 Å². The van der Waals surface area contributed by atoms with E-state index in [0.29, 0.717) is 13.2 Å². The van der Waals surface area contributed by atoms with E-state index in [2.05, 4.69) is 17.1 Å². The lowest BCUT2D eigenvalue weighted by Gasteiger charge is -2.40. The zero-order chi connectivity index (χ0) is 15.2. The summed E-state index contributed by atoms with van der Waals surface area (Å²) in [4.78, 5) is 14.3. The maximum atomic E-state index is 13.5. The molecule has 5 heteroatoms. The van der Waals surface area contributed by atoms with E-state index >= 15 is 0 Å². The Morgan fingerprint density at radius 2 is 2.33 bits per heavy atom. The highest BCUT2D eigenvalue weighted by Gasteiger charge is 2.34. The lowest BCUT2D eigenvalue weighted by Crippen LogP contribution is -2.56. The molecule has 0 bridgehead atoms. The van der Waals surface area contributed by atoms with Crippen molar-refractivity contribution in [3.63, 3.8) is 0 Å². The molecule has 21 heavy (non-hydrogen) atoms. The molecule has 0 amide bonds. The predicted octanol–water partition coefficient (Wildman–Crippen LogP) is 2.11. The Labute approximate surface area is 125 Å². The number of nitrogens with zero attached hydrogens (tertiary/aromatic N) is 1. The zero-order valence-electron chi connectivity index (χ0n) is 12.6. The number of halogens is 1.